The molecule has 0 saturated heterocycles. The highest BCUT2D eigenvalue weighted by Crippen LogP contribution is 2.18. The van der Waals surface area contributed by atoms with E-state index in [1.807, 2.05) is 38.1 Å². The van der Waals surface area contributed by atoms with Crippen molar-refractivity contribution in [1.29, 1.82) is 0 Å². The molecule has 1 aromatic rings. The van der Waals surface area contributed by atoms with Crippen LogP contribution in [0, 0.1) is 6.92 Å². The molecule has 0 aliphatic heterocycles. The molecule has 1 amide bonds. The molecule has 3 heteroatoms. The highest BCUT2D eigenvalue weighted by atomic mass is 16.5. The summed E-state index contributed by atoms with van der Waals surface area (Å²) in [7, 11) is 0. The zero-order chi connectivity index (χ0) is 12.7. The summed E-state index contributed by atoms with van der Waals surface area (Å²) in [6.07, 6.45) is 1.84. The van der Waals surface area contributed by atoms with Crippen LogP contribution in [0.25, 0.3) is 0 Å². The van der Waals surface area contributed by atoms with Gasteiger partial charge in [-0.05, 0) is 25.0 Å². The summed E-state index contributed by atoms with van der Waals surface area (Å²) in [5.74, 6) is 0.656. The molecule has 17 heavy (non-hydrogen) atoms. The normalized spacial score (nSPS) is 11.6. The van der Waals surface area contributed by atoms with Gasteiger partial charge in [-0.2, -0.15) is 0 Å². The highest BCUT2D eigenvalue weighted by Gasteiger charge is 2.17. The van der Waals surface area contributed by atoms with Gasteiger partial charge in [0.05, 0.1) is 0 Å². The van der Waals surface area contributed by atoms with Gasteiger partial charge >= 0.3 is 0 Å². The molecule has 1 N–H and O–H groups in total. The minimum atomic E-state index is -0.448. The number of aryl methyl sites for hydroxylation is 1. The zero-order valence-corrected chi connectivity index (χ0v) is 10.4. The van der Waals surface area contributed by atoms with Crippen molar-refractivity contribution in [2.75, 3.05) is 6.54 Å². The number of rotatable bonds is 6. The Balaban J connectivity index is 2.66. The Morgan fingerprint density at radius 1 is 1.53 bits per heavy atom. The van der Waals surface area contributed by atoms with Crippen molar-refractivity contribution in [2.45, 2.75) is 26.4 Å². The molecule has 0 spiro atoms. The second kappa shape index (κ2) is 6.74. The third-order valence-electron chi connectivity index (χ3n) is 2.45. The molecule has 0 aliphatic carbocycles. The zero-order valence-electron chi connectivity index (χ0n) is 10.4. The summed E-state index contributed by atoms with van der Waals surface area (Å²) < 4.78 is 5.71. The molecule has 92 valence electrons. The van der Waals surface area contributed by atoms with Gasteiger partial charge in [-0.1, -0.05) is 31.2 Å². The third kappa shape index (κ3) is 3.94. The van der Waals surface area contributed by atoms with E-state index in [-0.39, 0.29) is 5.91 Å². The van der Waals surface area contributed by atoms with E-state index in [9.17, 15) is 4.79 Å². The molecule has 0 bridgehead atoms. The summed E-state index contributed by atoms with van der Waals surface area (Å²) in [6, 6.07) is 7.68. The summed E-state index contributed by atoms with van der Waals surface area (Å²) in [5.41, 5.74) is 1.03. The second-order valence-electron chi connectivity index (χ2n) is 3.81. The standard InChI is InChI=1S/C14H19NO2/c1-4-10-15-14(16)12(5-2)17-13-9-7-6-8-11(13)3/h4,6-9,12H,1,5,10H2,2-3H3,(H,15,16)/t12-/m0/s1. The number of nitrogens with one attached hydrogen (secondary N) is 1. The predicted molar refractivity (Wildman–Crippen MR) is 69.1 cm³/mol. The molecule has 1 aromatic carbocycles. The molecular formula is C14H19NO2. The molecule has 1 atom stereocenters. The third-order valence-corrected chi connectivity index (χ3v) is 2.45. The lowest BCUT2D eigenvalue weighted by atomic mass is 10.2. The van der Waals surface area contributed by atoms with Crippen LogP contribution in [0.3, 0.4) is 0 Å². The number of hydrogen-bond donors (Lipinski definition) is 1. The number of amides is 1. The molecule has 0 heterocycles. The van der Waals surface area contributed by atoms with Crippen molar-refractivity contribution in [3.63, 3.8) is 0 Å². The first-order chi connectivity index (χ1) is 8.19. The van der Waals surface area contributed by atoms with E-state index in [1.54, 1.807) is 6.08 Å². The van der Waals surface area contributed by atoms with E-state index < -0.39 is 6.10 Å². The number of carbonyl (C=O) groups excluding carboxylic acids is 1. The predicted octanol–water partition coefficient (Wildman–Crippen LogP) is 2.45. The maximum Gasteiger partial charge on any atom is 0.261 e. The number of hydrogen-bond acceptors (Lipinski definition) is 2. The van der Waals surface area contributed by atoms with Gasteiger partial charge in [0, 0.05) is 6.54 Å². The quantitative estimate of drug-likeness (QED) is 0.766. The average molecular weight is 233 g/mol. The van der Waals surface area contributed by atoms with Crippen molar-refractivity contribution in [3.8, 4) is 5.75 Å². The van der Waals surface area contributed by atoms with E-state index in [2.05, 4.69) is 11.9 Å². The van der Waals surface area contributed by atoms with E-state index >= 15 is 0 Å². The summed E-state index contributed by atoms with van der Waals surface area (Å²) in [5, 5.41) is 2.74. The number of carbonyl (C=O) groups is 1. The molecule has 0 saturated carbocycles. The molecule has 0 radical (unpaired) electrons. The average Bonchev–Trinajstić information content (AvgIpc) is 2.35. The molecule has 0 aliphatic rings. The van der Waals surface area contributed by atoms with Crippen LogP contribution in [0.1, 0.15) is 18.9 Å². The molecule has 0 fully saturated rings. The lowest BCUT2D eigenvalue weighted by Gasteiger charge is -2.18. The fraction of sp³-hybridized carbons (Fsp3) is 0.357. The van der Waals surface area contributed by atoms with Gasteiger partial charge in [-0.25, -0.2) is 0 Å². The first kappa shape index (κ1) is 13.3. The van der Waals surface area contributed by atoms with Crippen molar-refractivity contribution < 1.29 is 9.53 Å². The van der Waals surface area contributed by atoms with Gasteiger partial charge < -0.3 is 10.1 Å². The first-order valence-electron chi connectivity index (χ1n) is 5.80. The van der Waals surface area contributed by atoms with Crippen LogP contribution < -0.4 is 10.1 Å². The largest absolute Gasteiger partial charge is 0.480 e. The van der Waals surface area contributed by atoms with Crippen molar-refractivity contribution in [3.05, 3.63) is 42.5 Å². The van der Waals surface area contributed by atoms with Gasteiger partial charge in [0.15, 0.2) is 6.10 Å². The summed E-state index contributed by atoms with van der Waals surface area (Å²) >= 11 is 0. The molecule has 0 aromatic heterocycles. The van der Waals surface area contributed by atoms with Crippen LogP contribution in [-0.2, 0) is 4.79 Å². The monoisotopic (exact) mass is 233 g/mol. The summed E-state index contributed by atoms with van der Waals surface area (Å²) in [6.45, 7) is 7.91. The Labute approximate surface area is 102 Å². The van der Waals surface area contributed by atoms with Crippen LogP contribution >= 0.6 is 0 Å². The Morgan fingerprint density at radius 3 is 2.82 bits per heavy atom. The Bertz CT molecular complexity index is 388. The molecular weight excluding hydrogens is 214 g/mol. The fourth-order valence-corrected chi connectivity index (χ4v) is 1.45. The van der Waals surface area contributed by atoms with E-state index in [1.165, 1.54) is 0 Å². The Kier molecular flexibility index (Phi) is 5.27. The molecule has 0 unspecified atom stereocenters. The first-order valence-corrected chi connectivity index (χ1v) is 5.80. The minimum Gasteiger partial charge on any atom is -0.480 e. The number of ether oxygens (including phenoxy) is 1. The lowest BCUT2D eigenvalue weighted by Crippen LogP contribution is -2.38. The fourth-order valence-electron chi connectivity index (χ4n) is 1.45. The van der Waals surface area contributed by atoms with Gasteiger partial charge in [-0.3, -0.25) is 4.79 Å². The van der Waals surface area contributed by atoms with E-state index in [0.717, 1.165) is 11.3 Å². The SMILES string of the molecule is C=CCNC(=O)[C@H](CC)Oc1ccccc1C. The Morgan fingerprint density at radius 2 is 2.24 bits per heavy atom. The smallest absolute Gasteiger partial charge is 0.261 e. The van der Waals surface area contributed by atoms with Gasteiger partial charge in [0.2, 0.25) is 0 Å². The molecule has 1 rings (SSSR count). The Hall–Kier alpha value is -1.77. The van der Waals surface area contributed by atoms with Gasteiger partial charge in [0.25, 0.3) is 5.91 Å². The van der Waals surface area contributed by atoms with E-state index in [0.29, 0.717) is 13.0 Å². The van der Waals surface area contributed by atoms with Crippen molar-refractivity contribution in [1.82, 2.24) is 5.32 Å². The maximum atomic E-state index is 11.8. The van der Waals surface area contributed by atoms with Crippen molar-refractivity contribution in [2.24, 2.45) is 0 Å². The van der Waals surface area contributed by atoms with Crippen molar-refractivity contribution >= 4 is 5.91 Å². The second-order valence-corrected chi connectivity index (χ2v) is 3.81. The minimum absolute atomic E-state index is 0.101. The number of para-hydroxylation sites is 1. The lowest BCUT2D eigenvalue weighted by molar-refractivity contribution is -0.127. The highest BCUT2D eigenvalue weighted by molar-refractivity contribution is 5.81. The summed E-state index contributed by atoms with van der Waals surface area (Å²) in [4.78, 5) is 11.8. The van der Waals surface area contributed by atoms with Gasteiger partial charge in [-0.15, -0.1) is 6.58 Å². The van der Waals surface area contributed by atoms with Crippen LogP contribution in [0.2, 0.25) is 0 Å². The topological polar surface area (TPSA) is 38.3 Å². The van der Waals surface area contributed by atoms with Crippen LogP contribution in [-0.4, -0.2) is 18.6 Å². The van der Waals surface area contributed by atoms with Crippen LogP contribution in [0.15, 0.2) is 36.9 Å². The molecule has 3 nitrogen and oxygen atoms in total. The maximum absolute atomic E-state index is 11.8. The van der Waals surface area contributed by atoms with E-state index in [4.69, 9.17) is 4.74 Å². The van der Waals surface area contributed by atoms with Crippen LogP contribution in [0.5, 0.6) is 5.75 Å². The number of benzene rings is 1. The van der Waals surface area contributed by atoms with Crippen LogP contribution in [0.4, 0.5) is 0 Å². The van der Waals surface area contributed by atoms with Gasteiger partial charge in [0.1, 0.15) is 5.75 Å².